The van der Waals surface area contributed by atoms with Crippen LogP contribution < -0.4 is 0 Å². The molecule has 0 saturated carbocycles. The third-order valence-electron chi connectivity index (χ3n) is 2.60. The predicted molar refractivity (Wildman–Crippen MR) is 59.7 cm³/mol. The van der Waals surface area contributed by atoms with Crippen LogP contribution in [-0.4, -0.2) is 23.0 Å². The third-order valence-corrected chi connectivity index (χ3v) is 39.0. The van der Waals surface area contributed by atoms with Gasteiger partial charge in [-0.15, -0.1) is 0 Å². The van der Waals surface area contributed by atoms with E-state index in [1.54, 1.807) is 0 Å². The Bertz CT molecular complexity index is 93.0. The molecule has 0 fully saturated rings. The normalized spacial score (nSPS) is 14.4. The monoisotopic (exact) mass is 190 g/mol. The van der Waals surface area contributed by atoms with Gasteiger partial charge in [0.1, 0.15) is 0 Å². The van der Waals surface area contributed by atoms with Crippen LogP contribution in [0.25, 0.3) is 0 Å². The summed E-state index contributed by atoms with van der Waals surface area (Å²) in [5.74, 6) is 0. The molecule has 0 rings (SSSR count). The quantitative estimate of drug-likeness (QED) is 0.588. The molecule has 62 valence electrons. The first-order valence-corrected chi connectivity index (χ1v) is 15.9. The van der Waals surface area contributed by atoms with Crippen LogP contribution in [0.2, 0.25) is 45.8 Å². The van der Waals surface area contributed by atoms with Crippen LogP contribution in [0, 0.1) is 0 Å². The van der Waals surface area contributed by atoms with Crippen LogP contribution >= 0.6 is 0 Å². The maximum atomic E-state index is 2.60. The van der Waals surface area contributed by atoms with Gasteiger partial charge in [0.2, 0.25) is 0 Å². The van der Waals surface area contributed by atoms with Gasteiger partial charge in [-0.3, -0.25) is 0 Å². The van der Waals surface area contributed by atoms with E-state index in [0.29, 0.717) is 0 Å². The van der Waals surface area contributed by atoms with Gasteiger partial charge in [-0.05, 0) is 0 Å². The predicted octanol–water partition coefficient (Wildman–Crippen LogP) is 2.68. The zero-order chi connectivity index (χ0) is 8.58. The molecule has 0 aliphatic rings. The Morgan fingerprint density at radius 3 is 0.900 bits per heavy atom. The summed E-state index contributed by atoms with van der Waals surface area (Å²) in [5.41, 5.74) is 0. The van der Waals surface area contributed by atoms with Gasteiger partial charge in [0.25, 0.3) is 0 Å². The highest BCUT2D eigenvalue weighted by molar-refractivity contribution is 7.59. The molecule has 0 amide bonds. The first-order valence-electron chi connectivity index (χ1n) is 4.15. The van der Waals surface area contributed by atoms with Crippen LogP contribution in [0.1, 0.15) is 0 Å². The van der Waals surface area contributed by atoms with Gasteiger partial charge in [-0.1, -0.05) is 45.8 Å². The van der Waals surface area contributed by atoms with Crippen molar-refractivity contribution in [2.45, 2.75) is 45.8 Å². The van der Waals surface area contributed by atoms with E-state index in [4.69, 9.17) is 0 Å². The highest BCUT2D eigenvalue weighted by Gasteiger charge is 2.34. The van der Waals surface area contributed by atoms with Crippen molar-refractivity contribution < 1.29 is 0 Å². The van der Waals surface area contributed by atoms with Crippen LogP contribution in [0.3, 0.4) is 0 Å². The summed E-state index contributed by atoms with van der Waals surface area (Å²) in [5, 5.41) is 0. The molecule has 0 saturated heterocycles. The van der Waals surface area contributed by atoms with E-state index in [-0.39, 0.29) is 7.83 Å². The highest BCUT2D eigenvalue weighted by Crippen LogP contribution is 2.16. The van der Waals surface area contributed by atoms with Crippen LogP contribution in [0.5, 0.6) is 0 Å². The average molecular weight is 191 g/mol. The molecule has 0 aliphatic carbocycles. The number of hydrogen-bond acceptors (Lipinski definition) is 0. The van der Waals surface area contributed by atoms with Crippen molar-refractivity contribution >= 4 is 23.0 Å². The van der Waals surface area contributed by atoms with Crippen molar-refractivity contribution in [1.82, 2.24) is 0 Å². The molecule has 0 heterocycles. The third kappa shape index (κ3) is 3.16. The van der Waals surface area contributed by atoms with E-state index in [9.17, 15) is 0 Å². The second-order valence-electron chi connectivity index (χ2n) is 5.45. The maximum absolute atomic E-state index is 2.60. The first kappa shape index (κ1) is 10.7. The van der Waals surface area contributed by atoms with Gasteiger partial charge in [0, 0.05) is 23.0 Å². The van der Waals surface area contributed by atoms with Crippen molar-refractivity contribution in [3.8, 4) is 0 Å². The Labute approximate surface area is 69.2 Å². The fourth-order valence-electron chi connectivity index (χ4n) is 1.30. The fraction of sp³-hybridized carbons (Fsp3) is 1.00. The van der Waals surface area contributed by atoms with Gasteiger partial charge in [-0.25, -0.2) is 0 Å². The van der Waals surface area contributed by atoms with Crippen LogP contribution in [0.4, 0.5) is 0 Å². The lowest BCUT2D eigenvalue weighted by Gasteiger charge is -2.33. The zero-order valence-corrected chi connectivity index (χ0v) is 11.7. The zero-order valence-electron chi connectivity index (χ0n) is 8.58. The average Bonchev–Trinajstić information content (AvgIpc) is 1.59. The molecule has 10 heavy (non-hydrogen) atoms. The minimum Gasteiger partial charge on any atom is -0.0756 e. The van der Waals surface area contributed by atoms with Crippen molar-refractivity contribution in [2.75, 3.05) is 0 Å². The van der Waals surface area contributed by atoms with E-state index in [1.165, 1.54) is 0 Å². The molecule has 0 spiro atoms. The van der Waals surface area contributed by atoms with Gasteiger partial charge >= 0.3 is 0 Å². The number of rotatable bonds is 2. The lowest BCUT2D eigenvalue weighted by molar-refractivity contribution is 1.78. The fourth-order valence-corrected chi connectivity index (χ4v) is 35.1. The molecule has 0 aliphatic heterocycles. The first-order chi connectivity index (χ1) is 4.15. The van der Waals surface area contributed by atoms with Gasteiger partial charge in [0.15, 0.2) is 0 Å². The minimum absolute atomic E-state index is 0.301. The molecule has 0 bridgehead atoms. The topological polar surface area (TPSA) is 0 Å². The van der Waals surface area contributed by atoms with Crippen molar-refractivity contribution in [2.24, 2.45) is 0 Å². The molecule has 0 aromatic heterocycles. The molecule has 0 aromatic carbocycles. The Hall–Kier alpha value is 0.651. The summed E-state index contributed by atoms with van der Waals surface area (Å²) >= 11 is 0. The lowest BCUT2D eigenvalue weighted by atomic mass is 11.8. The number of hydrogen-bond donors (Lipinski definition) is 0. The van der Waals surface area contributed by atoms with E-state index in [1.807, 2.05) is 0 Å². The van der Waals surface area contributed by atoms with E-state index in [0.717, 1.165) is 0 Å². The molecule has 0 unspecified atom stereocenters. The summed E-state index contributed by atoms with van der Waals surface area (Å²) in [6, 6.07) is 0. The summed E-state index contributed by atoms with van der Waals surface area (Å²) < 4.78 is 0. The summed E-state index contributed by atoms with van der Waals surface area (Å²) in [4.78, 5) is 0. The van der Waals surface area contributed by atoms with Crippen molar-refractivity contribution in [1.29, 1.82) is 0 Å². The molecule has 0 nitrogen and oxygen atoms in total. The molecule has 0 radical (unpaired) electrons. The van der Waals surface area contributed by atoms with E-state index >= 15 is 0 Å². The van der Waals surface area contributed by atoms with Gasteiger partial charge in [0.05, 0.1) is 0 Å². The molecule has 0 aromatic rings. The lowest BCUT2D eigenvalue weighted by Crippen LogP contribution is -2.56. The Morgan fingerprint density at radius 1 is 0.700 bits per heavy atom. The van der Waals surface area contributed by atoms with Gasteiger partial charge in [-0.2, -0.15) is 0 Å². The SMILES string of the molecule is C[SiH]([Si](C)(C)C)[Si](C)(C)C. The molecule has 3 heteroatoms. The van der Waals surface area contributed by atoms with Gasteiger partial charge < -0.3 is 0 Å². The second-order valence-corrected chi connectivity index (χ2v) is 33.7. The molecule has 0 N–H and O–H groups in total. The Kier molecular flexibility index (Phi) is 3.14. The highest BCUT2D eigenvalue weighted by atomic mass is 29.6. The largest absolute Gasteiger partial charge is 0.0756 e. The summed E-state index contributed by atoms with van der Waals surface area (Å²) in [6.45, 7) is 17.9. The Morgan fingerprint density at radius 2 is 0.900 bits per heavy atom. The van der Waals surface area contributed by atoms with Crippen LogP contribution in [-0.2, 0) is 0 Å². The minimum atomic E-state index is -0.695. The Balaban J connectivity index is 4.23. The van der Waals surface area contributed by atoms with Crippen molar-refractivity contribution in [3.05, 3.63) is 0 Å². The summed E-state index contributed by atoms with van der Waals surface area (Å²) in [7, 11) is -1.69. The molecular formula is C7H22Si3. The van der Waals surface area contributed by atoms with E-state index < -0.39 is 15.2 Å². The van der Waals surface area contributed by atoms with Crippen molar-refractivity contribution in [3.63, 3.8) is 0 Å². The maximum Gasteiger partial charge on any atom is 0.0321 e. The standard InChI is InChI=1S/C7H22Si3/c1-8(9(2,3)4)10(5,6)7/h8H,1-7H3. The molecule has 0 atom stereocenters. The summed E-state index contributed by atoms with van der Waals surface area (Å²) in [6.07, 6.45) is 0. The second kappa shape index (κ2) is 2.95. The molecular weight excluding hydrogens is 168 g/mol. The van der Waals surface area contributed by atoms with Crippen LogP contribution in [0.15, 0.2) is 0 Å². The van der Waals surface area contributed by atoms with E-state index in [2.05, 4.69) is 45.8 Å². The smallest absolute Gasteiger partial charge is 0.0321 e.